The molecule has 96 valence electrons. The van der Waals surface area contributed by atoms with Crippen LogP contribution in [-0.4, -0.2) is 25.9 Å². The van der Waals surface area contributed by atoms with Gasteiger partial charge in [-0.15, -0.1) is 0 Å². The molecule has 0 aliphatic carbocycles. The molecule has 0 saturated heterocycles. The van der Waals surface area contributed by atoms with Crippen molar-refractivity contribution in [1.29, 1.82) is 0 Å². The molecule has 0 atom stereocenters. The summed E-state index contributed by atoms with van der Waals surface area (Å²) in [5.74, 6) is -0.00288. The maximum absolute atomic E-state index is 12.0. The lowest BCUT2D eigenvalue weighted by Gasteiger charge is -2.19. The molecule has 3 nitrogen and oxygen atoms in total. The van der Waals surface area contributed by atoms with Crippen molar-refractivity contribution in [2.75, 3.05) is 12.4 Å². The average Bonchev–Trinajstić information content (AvgIpc) is 2.25. The summed E-state index contributed by atoms with van der Waals surface area (Å²) < 4.78 is 23.9. The van der Waals surface area contributed by atoms with Crippen LogP contribution >= 0.6 is 0 Å². The molecule has 1 rings (SSSR count). The highest BCUT2D eigenvalue weighted by atomic mass is 32.2. The topological polar surface area (TPSA) is 54.4 Å². The zero-order valence-corrected chi connectivity index (χ0v) is 11.4. The van der Waals surface area contributed by atoms with Crippen molar-refractivity contribution in [3.05, 3.63) is 29.8 Å². The first-order valence-electron chi connectivity index (χ1n) is 5.71. The fourth-order valence-electron chi connectivity index (χ4n) is 1.53. The molecule has 4 heteroatoms. The first-order chi connectivity index (χ1) is 7.77. The molecule has 0 unspecified atom stereocenters. The van der Waals surface area contributed by atoms with E-state index in [2.05, 4.69) is 0 Å². The molecule has 0 fully saturated rings. The molecule has 0 bridgehead atoms. The highest BCUT2D eigenvalue weighted by Crippen LogP contribution is 2.24. The highest BCUT2D eigenvalue weighted by Gasteiger charge is 2.18. The summed E-state index contributed by atoms with van der Waals surface area (Å²) >= 11 is 0. The molecular weight excluding hydrogens is 236 g/mol. The van der Waals surface area contributed by atoms with Gasteiger partial charge < -0.3 is 5.11 Å². The summed E-state index contributed by atoms with van der Waals surface area (Å²) in [6, 6.07) is 7.05. The number of rotatable bonds is 4. The molecule has 0 amide bonds. The largest absolute Gasteiger partial charge is 0.396 e. The fraction of sp³-hybridized carbons (Fsp3) is 0.538. The number of hydrogen-bond donors (Lipinski definition) is 1. The Morgan fingerprint density at radius 3 is 2.41 bits per heavy atom. The van der Waals surface area contributed by atoms with Crippen LogP contribution in [-0.2, 0) is 15.3 Å². The molecule has 0 aliphatic rings. The molecule has 0 aliphatic heterocycles. The second-order valence-corrected chi connectivity index (χ2v) is 7.28. The zero-order valence-electron chi connectivity index (χ0n) is 10.6. The number of hydrogen-bond acceptors (Lipinski definition) is 3. The molecular formula is C13H20O3S. The van der Waals surface area contributed by atoms with E-state index in [1.807, 2.05) is 26.8 Å². The second-order valence-electron chi connectivity index (χ2n) is 5.17. The molecule has 0 aromatic heterocycles. The molecule has 0 heterocycles. The average molecular weight is 256 g/mol. The van der Waals surface area contributed by atoms with Crippen LogP contribution in [0.4, 0.5) is 0 Å². The first kappa shape index (κ1) is 14.2. The predicted octanol–water partition coefficient (Wildman–Crippen LogP) is 2.14. The van der Waals surface area contributed by atoms with Gasteiger partial charge in [-0.05, 0) is 29.5 Å². The van der Waals surface area contributed by atoms with Gasteiger partial charge in [-0.2, -0.15) is 0 Å². The van der Waals surface area contributed by atoms with Gasteiger partial charge in [-0.3, -0.25) is 0 Å². The number of aliphatic hydroxyl groups is 1. The van der Waals surface area contributed by atoms with Crippen LogP contribution in [0.3, 0.4) is 0 Å². The van der Waals surface area contributed by atoms with E-state index in [1.165, 1.54) is 0 Å². The van der Waals surface area contributed by atoms with Gasteiger partial charge >= 0.3 is 0 Å². The third-order valence-electron chi connectivity index (χ3n) is 2.63. The summed E-state index contributed by atoms with van der Waals surface area (Å²) in [5, 5.41) is 8.70. The van der Waals surface area contributed by atoms with Crippen molar-refractivity contribution < 1.29 is 13.5 Å². The molecule has 17 heavy (non-hydrogen) atoms. The van der Waals surface area contributed by atoms with Gasteiger partial charge in [0.05, 0.1) is 10.6 Å². The van der Waals surface area contributed by atoms with Crippen LogP contribution in [0.1, 0.15) is 32.8 Å². The van der Waals surface area contributed by atoms with Crippen LogP contribution in [0.2, 0.25) is 0 Å². The van der Waals surface area contributed by atoms with Crippen LogP contribution in [0.25, 0.3) is 0 Å². The maximum atomic E-state index is 12.0. The summed E-state index contributed by atoms with van der Waals surface area (Å²) in [4.78, 5) is 0.346. The van der Waals surface area contributed by atoms with Gasteiger partial charge in [0, 0.05) is 6.61 Å². The van der Waals surface area contributed by atoms with Gasteiger partial charge in [0.15, 0.2) is 9.84 Å². The normalized spacial score (nSPS) is 12.7. The smallest absolute Gasteiger partial charge is 0.178 e. The van der Waals surface area contributed by atoms with Crippen molar-refractivity contribution in [3.8, 4) is 0 Å². The first-order valence-corrected chi connectivity index (χ1v) is 7.37. The predicted molar refractivity (Wildman–Crippen MR) is 68.9 cm³/mol. The minimum atomic E-state index is -3.27. The Balaban J connectivity index is 3.08. The summed E-state index contributed by atoms with van der Waals surface area (Å²) in [6.07, 6.45) is 0.280. The number of aliphatic hydroxyl groups excluding tert-OH is 1. The molecule has 0 spiro atoms. The monoisotopic (exact) mass is 256 g/mol. The SMILES string of the molecule is CC(C)(C)c1cccc(S(=O)(=O)CCCO)c1. The van der Waals surface area contributed by atoms with E-state index < -0.39 is 9.84 Å². The van der Waals surface area contributed by atoms with E-state index >= 15 is 0 Å². The molecule has 0 saturated carbocycles. The van der Waals surface area contributed by atoms with E-state index in [1.54, 1.807) is 18.2 Å². The van der Waals surface area contributed by atoms with Crippen molar-refractivity contribution in [3.63, 3.8) is 0 Å². The maximum Gasteiger partial charge on any atom is 0.178 e. The lowest BCUT2D eigenvalue weighted by Crippen LogP contribution is -2.13. The van der Waals surface area contributed by atoms with Crippen molar-refractivity contribution in [1.82, 2.24) is 0 Å². The summed E-state index contributed by atoms with van der Waals surface area (Å²) in [6.45, 7) is 6.05. The zero-order chi connectivity index (χ0) is 13.1. The van der Waals surface area contributed by atoms with Crippen LogP contribution < -0.4 is 0 Å². The Hall–Kier alpha value is -0.870. The second kappa shape index (κ2) is 5.19. The van der Waals surface area contributed by atoms with E-state index in [9.17, 15) is 8.42 Å². The summed E-state index contributed by atoms with van der Waals surface area (Å²) in [5.41, 5.74) is 0.935. The molecule has 1 aromatic rings. The van der Waals surface area contributed by atoms with Gasteiger partial charge in [0.25, 0.3) is 0 Å². The molecule has 1 aromatic carbocycles. The van der Waals surface area contributed by atoms with E-state index in [-0.39, 0.29) is 24.2 Å². The van der Waals surface area contributed by atoms with E-state index in [4.69, 9.17) is 5.11 Å². The summed E-state index contributed by atoms with van der Waals surface area (Å²) in [7, 11) is -3.27. The Labute approximate surface area is 103 Å². The molecule has 0 radical (unpaired) electrons. The third-order valence-corrected chi connectivity index (χ3v) is 4.43. The highest BCUT2D eigenvalue weighted by molar-refractivity contribution is 7.91. The van der Waals surface area contributed by atoms with Crippen molar-refractivity contribution in [2.45, 2.75) is 37.5 Å². The van der Waals surface area contributed by atoms with E-state index in [0.717, 1.165) is 5.56 Å². The fourth-order valence-corrected chi connectivity index (χ4v) is 2.87. The van der Waals surface area contributed by atoms with Crippen molar-refractivity contribution in [2.24, 2.45) is 0 Å². The third kappa shape index (κ3) is 3.82. The number of sulfone groups is 1. The Morgan fingerprint density at radius 1 is 1.24 bits per heavy atom. The minimum Gasteiger partial charge on any atom is -0.396 e. The van der Waals surface area contributed by atoms with Crippen LogP contribution in [0.5, 0.6) is 0 Å². The van der Waals surface area contributed by atoms with Gasteiger partial charge in [-0.1, -0.05) is 32.9 Å². The van der Waals surface area contributed by atoms with Gasteiger partial charge in [0.2, 0.25) is 0 Å². The van der Waals surface area contributed by atoms with Crippen LogP contribution in [0.15, 0.2) is 29.2 Å². The number of benzene rings is 1. The standard InChI is InChI=1S/C13H20O3S/c1-13(2,3)11-6-4-7-12(10-11)17(15,16)9-5-8-14/h4,6-7,10,14H,5,8-9H2,1-3H3. The van der Waals surface area contributed by atoms with Crippen molar-refractivity contribution >= 4 is 9.84 Å². The Bertz CT molecular complexity index is 470. The molecule has 1 N–H and O–H groups in total. The van der Waals surface area contributed by atoms with Gasteiger partial charge in [0.1, 0.15) is 0 Å². The minimum absolute atomic E-state index is 0.00288. The Morgan fingerprint density at radius 2 is 1.88 bits per heavy atom. The van der Waals surface area contributed by atoms with Crippen LogP contribution in [0, 0.1) is 0 Å². The van der Waals surface area contributed by atoms with Gasteiger partial charge in [-0.25, -0.2) is 8.42 Å². The van der Waals surface area contributed by atoms with E-state index in [0.29, 0.717) is 4.90 Å². The Kier molecular flexibility index (Phi) is 4.33. The quantitative estimate of drug-likeness (QED) is 0.898. The lowest BCUT2D eigenvalue weighted by molar-refractivity contribution is 0.295. The lowest BCUT2D eigenvalue weighted by atomic mass is 9.87.